The number of rotatable bonds is 1. The topological polar surface area (TPSA) is 43.4 Å². The van der Waals surface area contributed by atoms with Gasteiger partial charge in [0.2, 0.25) is 0 Å². The van der Waals surface area contributed by atoms with E-state index in [1.54, 1.807) is 33.8 Å². The number of carbonyl (C=O) groups is 2. The number of hydrogen-bond acceptors (Lipinski definition) is 3. The van der Waals surface area contributed by atoms with Gasteiger partial charge >= 0.3 is 5.97 Å². The van der Waals surface area contributed by atoms with Gasteiger partial charge in [-0.15, -0.1) is 0 Å². The van der Waals surface area contributed by atoms with Crippen molar-refractivity contribution < 1.29 is 14.3 Å². The zero-order chi connectivity index (χ0) is 10.9. The molecule has 3 heteroatoms. The molecule has 1 rings (SSSR count). The second-order valence-corrected chi connectivity index (χ2v) is 4.67. The van der Waals surface area contributed by atoms with Crippen LogP contribution in [0.3, 0.4) is 0 Å². The first-order valence-corrected chi connectivity index (χ1v) is 4.75. The minimum Gasteiger partial charge on any atom is -0.457 e. The number of allylic oxidation sites excluding steroid dienone is 1. The molecule has 0 saturated heterocycles. The molecule has 0 saturated carbocycles. The first kappa shape index (κ1) is 11.0. The number of esters is 1. The molecule has 0 bridgehead atoms. The van der Waals surface area contributed by atoms with E-state index in [2.05, 4.69) is 0 Å². The van der Waals surface area contributed by atoms with Gasteiger partial charge in [0.25, 0.3) is 0 Å². The molecule has 0 heterocycles. The summed E-state index contributed by atoms with van der Waals surface area (Å²) in [6.07, 6.45) is 2.75. The molecule has 0 spiro atoms. The Hall–Kier alpha value is -1.12. The molecule has 0 aliphatic heterocycles. The van der Waals surface area contributed by atoms with Crippen molar-refractivity contribution in [3.05, 3.63) is 12.2 Å². The monoisotopic (exact) mass is 196 g/mol. The van der Waals surface area contributed by atoms with Gasteiger partial charge in [-0.1, -0.05) is 6.92 Å². The molecule has 2 atom stereocenters. The molecule has 0 radical (unpaired) electrons. The molecule has 1 aliphatic carbocycles. The number of carbonyl (C=O) groups excluding carboxylic acids is 2. The summed E-state index contributed by atoms with van der Waals surface area (Å²) in [4.78, 5) is 22.6. The van der Waals surface area contributed by atoms with Crippen LogP contribution < -0.4 is 0 Å². The highest BCUT2D eigenvalue weighted by Gasteiger charge is 2.32. The summed E-state index contributed by atoms with van der Waals surface area (Å²) < 4.78 is 5.21. The average Bonchev–Trinajstić information content (AvgIpc) is 2.34. The van der Waals surface area contributed by atoms with Crippen molar-refractivity contribution in [3.8, 4) is 0 Å². The molecule has 0 aromatic rings. The molecule has 0 N–H and O–H groups in total. The highest BCUT2D eigenvalue weighted by atomic mass is 16.5. The smallest absolute Gasteiger partial charge is 0.311 e. The summed E-state index contributed by atoms with van der Waals surface area (Å²) in [5.74, 6) is -0.480. The molecule has 78 valence electrons. The Labute approximate surface area is 84.1 Å². The summed E-state index contributed by atoms with van der Waals surface area (Å²) >= 11 is 0. The second-order valence-electron chi connectivity index (χ2n) is 4.67. The maximum atomic E-state index is 11.5. The molecule has 3 nitrogen and oxygen atoms in total. The van der Waals surface area contributed by atoms with Crippen LogP contribution in [0.4, 0.5) is 0 Å². The lowest BCUT2D eigenvalue weighted by molar-refractivity contribution is -0.158. The highest BCUT2D eigenvalue weighted by molar-refractivity contribution is 5.95. The average molecular weight is 196 g/mol. The maximum Gasteiger partial charge on any atom is 0.311 e. The van der Waals surface area contributed by atoms with Gasteiger partial charge in [-0.05, 0) is 32.9 Å². The van der Waals surface area contributed by atoms with Gasteiger partial charge in [0.1, 0.15) is 6.10 Å². The summed E-state index contributed by atoms with van der Waals surface area (Å²) in [5.41, 5.74) is -0.515. The number of ketones is 1. The normalized spacial score (nSPS) is 26.7. The molecule has 14 heavy (non-hydrogen) atoms. The van der Waals surface area contributed by atoms with Gasteiger partial charge < -0.3 is 4.74 Å². The van der Waals surface area contributed by atoms with E-state index in [0.717, 1.165) is 0 Å². The number of hydrogen-bond donors (Lipinski definition) is 0. The van der Waals surface area contributed by atoms with E-state index in [4.69, 9.17) is 4.74 Å². The Balaban J connectivity index is 2.59. The van der Waals surface area contributed by atoms with Crippen LogP contribution in [0, 0.1) is 11.3 Å². The fourth-order valence-electron chi connectivity index (χ4n) is 1.11. The summed E-state index contributed by atoms with van der Waals surface area (Å²) in [6, 6.07) is 0. The third-order valence-corrected chi connectivity index (χ3v) is 2.25. The molecule has 0 unspecified atom stereocenters. The van der Waals surface area contributed by atoms with E-state index in [-0.39, 0.29) is 23.8 Å². The molecule has 0 aromatic carbocycles. The van der Waals surface area contributed by atoms with Crippen molar-refractivity contribution in [2.75, 3.05) is 0 Å². The Kier molecular flexibility index (Phi) is 2.79. The zero-order valence-electron chi connectivity index (χ0n) is 9.03. The van der Waals surface area contributed by atoms with E-state index in [1.807, 2.05) is 0 Å². The Morgan fingerprint density at radius 3 is 2.36 bits per heavy atom. The van der Waals surface area contributed by atoms with Crippen molar-refractivity contribution in [2.24, 2.45) is 11.3 Å². The van der Waals surface area contributed by atoms with Crippen molar-refractivity contribution >= 4 is 11.8 Å². The Morgan fingerprint density at radius 1 is 1.43 bits per heavy atom. The van der Waals surface area contributed by atoms with Crippen LogP contribution in [0.5, 0.6) is 0 Å². The molecular formula is C11H16O3. The minimum atomic E-state index is -0.515. The highest BCUT2D eigenvalue weighted by Crippen LogP contribution is 2.23. The lowest BCUT2D eigenvalue weighted by Crippen LogP contribution is -2.30. The Bertz CT molecular complexity index is 283. The van der Waals surface area contributed by atoms with E-state index in [0.29, 0.717) is 0 Å². The van der Waals surface area contributed by atoms with Crippen molar-refractivity contribution in [1.82, 2.24) is 0 Å². The predicted molar refractivity (Wildman–Crippen MR) is 52.6 cm³/mol. The van der Waals surface area contributed by atoms with Crippen LogP contribution in [0.15, 0.2) is 12.2 Å². The zero-order valence-corrected chi connectivity index (χ0v) is 9.03. The lowest BCUT2D eigenvalue weighted by atomic mass is 9.97. The van der Waals surface area contributed by atoms with E-state index < -0.39 is 5.41 Å². The summed E-state index contributed by atoms with van der Waals surface area (Å²) in [7, 11) is 0. The summed E-state index contributed by atoms with van der Waals surface area (Å²) in [6.45, 7) is 7.14. The molecule has 0 aromatic heterocycles. The third kappa shape index (κ3) is 2.22. The van der Waals surface area contributed by atoms with Gasteiger partial charge in [-0.25, -0.2) is 0 Å². The maximum absolute atomic E-state index is 11.5. The first-order valence-electron chi connectivity index (χ1n) is 4.75. The fourth-order valence-corrected chi connectivity index (χ4v) is 1.11. The van der Waals surface area contributed by atoms with Crippen molar-refractivity contribution in [2.45, 2.75) is 33.8 Å². The Morgan fingerprint density at radius 2 is 2.00 bits per heavy atom. The second kappa shape index (κ2) is 3.56. The van der Waals surface area contributed by atoms with Crippen LogP contribution in [-0.2, 0) is 14.3 Å². The van der Waals surface area contributed by atoms with Crippen LogP contribution >= 0.6 is 0 Å². The van der Waals surface area contributed by atoms with Gasteiger partial charge in [-0.2, -0.15) is 0 Å². The van der Waals surface area contributed by atoms with Gasteiger partial charge in [0.05, 0.1) is 11.3 Å². The lowest BCUT2D eigenvalue weighted by Gasteiger charge is -2.21. The van der Waals surface area contributed by atoms with Gasteiger partial charge in [0.15, 0.2) is 5.78 Å². The molecule has 1 aliphatic rings. The molecule has 0 amide bonds. The molecule has 0 fully saturated rings. The van der Waals surface area contributed by atoms with Crippen molar-refractivity contribution in [1.29, 1.82) is 0 Å². The quantitative estimate of drug-likeness (QED) is 0.600. The third-order valence-electron chi connectivity index (χ3n) is 2.25. The van der Waals surface area contributed by atoms with Crippen LogP contribution in [0.1, 0.15) is 27.7 Å². The number of ether oxygens (including phenoxy) is 1. The fraction of sp³-hybridized carbons (Fsp3) is 0.636. The molecular weight excluding hydrogens is 180 g/mol. The first-order chi connectivity index (χ1) is 6.32. The van der Waals surface area contributed by atoms with E-state index in [1.165, 1.54) is 6.08 Å². The SMILES string of the molecule is C[C@@H]1C(=O)C=C[C@@H]1OC(=O)C(C)(C)C. The van der Waals surface area contributed by atoms with Gasteiger partial charge in [-0.3, -0.25) is 9.59 Å². The standard InChI is InChI=1S/C11H16O3/c1-7-8(12)5-6-9(7)14-10(13)11(2,3)4/h5-7,9H,1-4H3/t7-,9+/m1/s1. The van der Waals surface area contributed by atoms with E-state index in [9.17, 15) is 9.59 Å². The van der Waals surface area contributed by atoms with Crippen LogP contribution in [-0.4, -0.2) is 17.9 Å². The van der Waals surface area contributed by atoms with Crippen LogP contribution in [0.2, 0.25) is 0 Å². The minimum absolute atomic E-state index is 0.0247. The summed E-state index contributed by atoms with van der Waals surface area (Å²) in [5, 5.41) is 0. The van der Waals surface area contributed by atoms with E-state index >= 15 is 0 Å². The van der Waals surface area contributed by atoms with Crippen molar-refractivity contribution in [3.63, 3.8) is 0 Å². The van der Waals surface area contributed by atoms with Crippen LogP contribution in [0.25, 0.3) is 0 Å². The predicted octanol–water partition coefficient (Wildman–Crippen LogP) is 1.72. The largest absolute Gasteiger partial charge is 0.457 e. The van der Waals surface area contributed by atoms with Gasteiger partial charge in [0, 0.05) is 0 Å².